The predicted octanol–water partition coefficient (Wildman–Crippen LogP) is 2.75. The van der Waals surface area contributed by atoms with Crippen LogP contribution in [0.5, 0.6) is 0 Å². The first-order valence-corrected chi connectivity index (χ1v) is 5.65. The fraction of sp³-hybridized carbons (Fsp3) is 0.308. The Morgan fingerprint density at radius 2 is 2.31 bits per heavy atom. The molecule has 2 heterocycles. The second-order valence-electron chi connectivity index (χ2n) is 4.15. The van der Waals surface area contributed by atoms with Crippen molar-refractivity contribution in [2.45, 2.75) is 26.3 Å². The number of hydrogen-bond acceptors (Lipinski definition) is 3. The standard InChI is InChI=1S/C13H14N2O/c1-2-9-3-4-12-10(5-9)6-13-11(7-14-12)8-15-16-13/h3-5,8,14H,2,6-7H2,1H3. The number of rotatable bonds is 1. The van der Waals surface area contributed by atoms with Gasteiger partial charge in [0, 0.05) is 24.2 Å². The van der Waals surface area contributed by atoms with Crippen molar-refractivity contribution in [3.05, 3.63) is 46.8 Å². The maximum absolute atomic E-state index is 5.28. The predicted molar refractivity (Wildman–Crippen MR) is 62.5 cm³/mol. The van der Waals surface area contributed by atoms with E-state index in [0.29, 0.717) is 0 Å². The van der Waals surface area contributed by atoms with Crippen LogP contribution in [0.1, 0.15) is 29.4 Å². The Kier molecular flexibility index (Phi) is 2.17. The molecule has 0 aliphatic carbocycles. The third kappa shape index (κ3) is 1.48. The molecule has 1 aromatic carbocycles. The Morgan fingerprint density at radius 1 is 1.38 bits per heavy atom. The van der Waals surface area contributed by atoms with E-state index in [1.54, 1.807) is 6.20 Å². The molecule has 1 aliphatic heterocycles. The van der Waals surface area contributed by atoms with Gasteiger partial charge in [0.15, 0.2) is 0 Å². The minimum Gasteiger partial charge on any atom is -0.381 e. The molecule has 0 fully saturated rings. The summed E-state index contributed by atoms with van der Waals surface area (Å²) in [5, 5.41) is 7.26. The van der Waals surface area contributed by atoms with Crippen molar-refractivity contribution in [2.75, 3.05) is 5.32 Å². The summed E-state index contributed by atoms with van der Waals surface area (Å²) >= 11 is 0. The van der Waals surface area contributed by atoms with Crippen LogP contribution in [0.4, 0.5) is 5.69 Å². The van der Waals surface area contributed by atoms with Gasteiger partial charge in [0.25, 0.3) is 0 Å². The van der Waals surface area contributed by atoms with Gasteiger partial charge >= 0.3 is 0 Å². The third-order valence-corrected chi connectivity index (χ3v) is 3.13. The maximum atomic E-state index is 5.28. The van der Waals surface area contributed by atoms with Crippen molar-refractivity contribution in [1.82, 2.24) is 5.16 Å². The Bertz CT molecular complexity index is 516. The zero-order valence-electron chi connectivity index (χ0n) is 9.29. The highest BCUT2D eigenvalue weighted by molar-refractivity contribution is 5.56. The summed E-state index contributed by atoms with van der Waals surface area (Å²) in [7, 11) is 0. The second-order valence-corrected chi connectivity index (χ2v) is 4.15. The number of benzene rings is 1. The van der Waals surface area contributed by atoms with E-state index in [-0.39, 0.29) is 0 Å². The summed E-state index contributed by atoms with van der Waals surface area (Å²) in [6.45, 7) is 2.98. The van der Waals surface area contributed by atoms with Crippen LogP contribution in [0.25, 0.3) is 0 Å². The molecule has 0 saturated heterocycles. The van der Waals surface area contributed by atoms with Crippen LogP contribution in [-0.2, 0) is 19.4 Å². The molecule has 0 saturated carbocycles. The highest BCUT2D eigenvalue weighted by atomic mass is 16.5. The van der Waals surface area contributed by atoms with Crippen LogP contribution in [0.15, 0.2) is 28.9 Å². The van der Waals surface area contributed by atoms with Crippen LogP contribution in [-0.4, -0.2) is 5.16 Å². The number of fused-ring (bicyclic) bond motifs is 2. The molecule has 1 aliphatic rings. The molecule has 1 N–H and O–H groups in total. The number of aromatic nitrogens is 1. The van der Waals surface area contributed by atoms with E-state index in [1.807, 2.05) is 0 Å². The van der Waals surface area contributed by atoms with Crippen molar-refractivity contribution in [3.8, 4) is 0 Å². The second kappa shape index (κ2) is 3.67. The Balaban J connectivity index is 2.05. The van der Waals surface area contributed by atoms with E-state index >= 15 is 0 Å². The number of nitrogens with one attached hydrogen (secondary N) is 1. The minimum atomic E-state index is 0.803. The molecule has 3 heteroatoms. The first-order chi connectivity index (χ1) is 7.86. The zero-order valence-corrected chi connectivity index (χ0v) is 9.29. The number of nitrogens with zero attached hydrogens (tertiary/aromatic N) is 1. The molecule has 0 bridgehead atoms. The lowest BCUT2D eigenvalue weighted by Crippen LogP contribution is -1.98. The maximum Gasteiger partial charge on any atom is 0.146 e. The van der Waals surface area contributed by atoms with Crippen molar-refractivity contribution >= 4 is 5.69 Å². The van der Waals surface area contributed by atoms with Crippen molar-refractivity contribution in [3.63, 3.8) is 0 Å². The fourth-order valence-corrected chi connectivity index (χ4v) is 2.12. The summed E-state index contributed by atoms with van der Waals surface area (Å²) in [6.07, 6.45) is 3.71. The van der Waals surface area contributed by atoms with E-state index in [9.17, 15) is 0 Å². The first-order valence-electron chi connectivity index (χ1n) is 5.65. The van der Waals surface area contributed by atoms with Crippen LogP contribution in [0.3, 0.4) is 0 Å². The molecular weight excluding hydrogens is 200 g/mol. The molecule has 1 aromatic heterocycles. The molecule has 0 radical (unpaired) electrons. The Hall–Kier alpha value is -1.77. The van der Waals surface area contributed by atoms with Gasteiger partial charge in [0.05, 0.1) is 6.20 Å². The average molecular weight is 214 g/mol. The topological polar surface area (TPSA) is 38.1 Å². The largest absolute Gasteiger partial charge is 0.381 e. The lowest BCUT2D eigenvalue weighted by molar-refractivity contribution is 0.388. The zero-order chi connectivity index (χ0) is 11.0. The summed E-state index contributed by atoms with van der Waals surface area (Å²) in [4.78, 5) is 0. The molecular formula is C13H14N2O. The minimum absolute atomic E-state index is 0.803. The monoisotopic (exact) mass is 214 g/mol. The highest BCUT2D eigenvalue weighted by Gasteiger charge is 2.16. The lowest BCUT2D eigenvalue weighted by atomic mass is 10.0. The lowest BCUT2D eigenvalue weighted by Gasteiger charge is -2.08. The van der Waals surface area contributed by atoms with Gasteiger partial charge in [-0.05, 0) is 23.6 Å². The van der Waals surface area contributed by atoms with Gasteiger partial charge in [-0.2, -0.15) is 0 Å². The summed E-state index contributed by atoms with van der Waals surface area (Å²) < 4.78 is 5.28. The van der Waals surface area contributed by atoms with Gasteiger partial charge in [-0.25, -0.2) is 0 Å². The third-order valence-electron chi connectivity index (χ3n) is 3.13. The molecule has 0 unspecified atom stereocenters. The van der Waals surface area contributed by atoms with Gasteiger partial charge < -0.3 is 9.84 Å². The van der Waals surface area contributed by atoms with E-state index in [2.05, 4.69) is 35.6 Å². The van der Waals surface area contributed by atoms with Crippen molar-refractivity contribution in [1.29, 1.82) is 0 Å². The summed E-state index contributed by atoms with van der Waals surface area (Å²) in [6, 6.07) is 6.59. The SMILES string of the molecule is CCc1ccc2c(c1)Cc1oncc1CN2. The molecule has 16 heavy (non-hydrogen) atoms. The van der Waals surface area contributed by atoms with Gasteiger partial charge in [0.1, 0.15) is 5.76 Å². The van der Waals surface area contributed by atoms with Gasteiger partial charge in [-0.1, -0.05) is 24.2 Å². The van der Waals surface area contributed by atoms with E-state index in [4.69, 9.17) is 4.52 Å². The van der Waals surface area contributed by atoms with Crippen LogP contribution in [0.2, 0.25) is 0 Å². The van der Waals surface area contributed by atoms with E-state index in [0.717, 1.165) is 30.7 Å². The molecule has 2 aromatic rings. The fourth-order valence-electron chi connectivity index (χ4n) is 2.12. The smallest absolute Gasteiger partial charge is 0.146 e. The molecule has 3 nitrogen and oxygen atoms in total. The van der Waals surface area contributed by atoms with Crippen LogP contribution < -0.4 is 5.32 Å². The van der Waals surface area contributed by atoms with Crippen LogP contribution in [0, 0.1) is 0 Å². The summed E-state index contributed by atoms with van der Waals surface area (Å²) in [5.74, 6) is 0.986. The first kappa shape index (κ1) is 9.46. The molecule has 0 amide bonds. The number of hydrogen-bond donors (Lipinski definition) is 1. The normalized spacial score (nSPS) is 13.6. The van der Waals surface area contributed by atoms with E-state index in [1.165, 1.54) is 16.8 Å². The van der Waals surface area contributed by atoms with Crippen molar-refractivity contribution < 1.29 is 4.52 Å². The molecule has 0 spiro atoms. The van der Waals surface area contributed by atoms with Gasteiger partial charge in [-0.3, -0.25) is 0 Å². The van der Waals surface area contributed by atoms with E-state index < -0.39 is 0 Å². The number of aryl methyl sites for hydroxylation is 1. The summed E-state index contributed by atoms with van der Waals surface area (Å²) in [5.41, 5.74) is 5.04. The quantitative estimate of drug-likeness (QED) is 0.793. The van der Waals surface area contributed by atoms with Gasteiger partial charge in [0.2, 0.25) is 0 Å². The van der Waals surface area contributed by atoms with Crippen LogP contribution >= 0.6 is 0 Å². The molecule has 82 valence electrons. The Labute approximate surface area is 94.5 Å². The highest BCUT2D eigenvalue weighted by Crippen LogP contribution is 2.26. The number of anilines is 1. The Morgan fingerprint density at radius 3 is 3.19 bits per heavy atom. The van der Waals surface area contributed by atoms with Gasteiger partial charge in [-0.15, -0.1) is 0 Å². The van der Waals surface area contributed by atoms with Crippen molar-refractivity contribution in [2.24, 2.45) is 0 Å². The molecule has 3 rings (SSSR count). The molecule has 0 atom stereocenters. The average Bonchev–Trinajstić information content (AvgIpc) is 2.68.